The van der Waals surface area contributed by atoms with Crippen molar-refractivity contribution in [2.45, 2.75) is 6.54 Å². The average Bonchev–Trinajstić information content (AvgIpc) is 2.45. The third-order valence-corrected chi connectivity index (χ3v) is 3.06. The Balaban J connectivity index is 2.19. The van der Waals surface area contributed by atoms with Crippen LogP contribution in [0.15, 0.2) is 41.0 Å². The highest BCUT2D eigenvalue weighted by Gasteiger charge is 2.13. The van der Waals surface area contributed by atoms with E-state index in [2.05, 4.69) is 31.0 Å². The summed E-state index contributed by atoms with van der Waals surface area (Å²) in [5, 5.41) is 3.05. The number of halogens is 2. The Morgan fingerprint density at radius 3 is 2.90 bits per heavy atom. The van der Waals surface area contributed by atoms with Gasteiger partial charge in [-0.1, -0.05) is 6.07 Å². The molecule has 0 aliphatic heterocycles. The molecule has 104 valence electrons. The molecule has 0 saturated heterocycles. The summed E-state index contributed by atoms with van der Waals surface area (Å²) in [6.45, 7) is 0.412. The fraction of sp³-hybridized carbons (Fsp3) is 0.143. The number of methoxy groups -OCH3 is 1. The van der Waals surface area contributed by atoms with E-state index in [4.69, 9.17) is 0 Å². The van der Waals surface area contributed by atoms with Gasteiger partial charge in [0.25, 0.3) is 0 Å². The monoisotopic (exact) mass is 338 g/mol. The van der Waals surface area contributed by atoms with Gasteiger partial charge >= 0.3 is 5.97 Å². The molecule has 0 unspecified atom stereocenters. The lowest BCUT2D eigenvalue weighted by molar-refractivity contribution is 0.0601. The second-order valence-electron chi connectivity index (χ2n) is 3.99. The summed E-state index contributed by atoms with van der Waals surface area (Å²) in [4.78, 5) is 15.9. The van der Waals surface area contributed by atoms with Crippen molar-refractivity contribution in [2.75, 3.05) is 12.4 Å². The number of aromatic nitrogens is 1. The lowest BCUT2D eigenvalue weighted by Gasteiger charge is -2.10. The quantitative estimate of drug-likeness (QED) is 0.685. The Kier molecular flexibility index (Phi) is 4.68. The van der Waals surface area contributed by atoms with Crippen LogP contribution in [-0.4, -0.2) is 18.1 Å². The van der Waals surface area contributed by atoms with Crippen LogP contribution in [0.4, 0.5) is 10.1 Å². The number of nitrogens with zero attached hydrogens (tertiary/aromatic N) is 1. The van der Waals surface area contributed by atoms with Gasteiger partial charge in [-0.2, -0.15) is 0 Å². The second kappa shape index (κ2) is 6.47. The van der Waals surface area contributed by atoms with Crippen molar-refractivity contribution in [1.82, 2.24) is 4.98 Å². The number of benzene rings is 1. The molecular formula is C14H12BrFN2O2. The predicted molar refractivity (Wildman–Crippen MR) is 77.0 cm³/mol. The van der Waals surface area contributed by atoms with E-state index in [0.29, 0.717) is 12.2 Å². The Bertz CT molecular complexity index is 634. The number of nitrogens with one attached hydrogen (secondary N) is 1. The van der Waals surface area contributed by atoms with Crippen LogP contribution in [-0.2, 0) is 11.3 Å². The molecule has 2 aromatic rings. The molecule has 1 aromatic carbocycles. The summed E-state index contributed by atoms with van der Waals surface area (Å²) < 4.78 is 18.6. The summed E-state index contributed by atoms with van der Waals surface area (Å²) in [6.07, 6.45) is 0. The maximum Gasteiger partial charge on any atom is 0.340 e. The van der Waals surface area contributed by atoms with Gasteiger partial charge < -0.3 is 10.1 Å². The minimum absolute atomic E-state index is 0.155. The first-order valence-corrected chi connectivity index (χ1v) is 6.62. The van der Waals surface area contributed by atoms with Gasteiger partial charge in [-0.25, -0.2) is 14.2 Å². The number of carbonyl (C=O) groups is 1. The molecule has 1 aromatic heterocycles. The van der Waals surface area contributed by atoms with Crippen molar-refractivity contribution in [3.63, 3.8) is 0 Å². The van der Waals surface area contributed by atoms with E-state index in [9.17, 15) is 9.18 Å². The largest absolute Gasteiger partial charge is 0.465 e. The summed E-state index contributed by atoms with van der Waals surface area (Å²) in [5.74, 6) is -1.08. The molecule has 0 saturated carbocycles. The third-order valence-electron chi connectivity index (χ3n) is 2.62. The number of hydrogen-bond acceptors (Lipinski definition) is 4. The fourth-order valence-corrected chi connectivity index (χ4v) is 2.06. The topological polar surface area (TPSA) is 51.2 Å². The molecule has 0 aliphatic rings. The van der Waals surface area contributed by atoms with E-state index >= 15 is 0 Å². The van der Waals surface area contributed by atoms with Crippen LogP contribution in [0.2, 0.25) is 0 Å². The van der Waals surface area contributed by atoms with Crippen molar-refractivity contribution in [1.29, 1.82) is 0 Å². The van der Waals surface area contributed by atoms with Crippen LogP contribution < -0.4 is 5.32 Å². The van der Waals surface area contributed by atoms with Gasteiger partial charge in [0.1, 0.15) is 10.4 Å². The zero-order chi connectivity index (χ0) is 14.5. The zero-order valence-corrected chi connectivity index (χ0v) is 12.3. The van der Waals surface area contributed by atoms with Crippen molar-refractivity contribution in [3.8, 4) is 0 Å². The highest BCUT2D eigenvalue weighted by atomic mass is 79.9. The Hall–Kier alpha value is -1.95. The number of esters is 1. The Labute approximate surface area is 124 Å². The van der Waals surface area contributed by atoms with E-state index in [1.165, 1.54) is 19.2 Å². The van der Waals surface area contributed by atoms with Crippen LogP contribution >= 0.6 is 15.9 Å². The zero-order valence-electron chi connectivity index (χ0n) is 10.7. The van der Waals surface area contributed by atoms with E-state index in [1.807, 2.05) is 18.2 Å². The first kappa shape index (κ1) is 14.5. The summed E-state index contributed by atoms with van der Waals surface area (Å²) in [7, 11) is 1.26. The first-order chi connectivity index (χ1) is 9.60. The van der Waals surface area contributed by atoms with Crippen molar-refractivity contribution >= 4 is 27.6 Å². The van der Waals surface area contributed by atoms with Crippen molar-refractivity contribution in [3.05, 3.63) is 58.1 Å². The van der Waals surface area contributed by atoms with Crippen molar-refractivity contribution in [2.24, 2.45) is 0 Å². The van der Waals surface area contributed by atoms with Crippen LogP contribution in [0, 0.1) is 5.82 Å². The fourth-order valence-electron chi connectivity index (χ4n) is 1.68. The number of pyridine rings is 1. The van der Waals surface area contributed by atoms with Crippen LogP contribution in [0.1, 0.15) is 16.1 Å². The molecular weight excluding hydrogens is 327 g/mol. The van der Waals surface area contributed by atoms with Gasteiger partial charge in [0.05, 0.1) is 24.9 Å². The second-order valence-corrected chi connectivity index (χ2v) is 4.80. The van der Waals surface area contributed by atoms with E-state index in [0.717, 1.165) is 16.4 Å². The van der Waals surface area contributed by atoms with Crippen LogP contribution in [0.25, 0.3) is 0 Å². The minimum Gasteiger partial charge on any atom is -0.465 e. The highest BCUT2D eigenvalue weighted by Crippen LogP contribution is 2.19. The molecule has 0 aliphatic carbocycles. The maximum atomic E-state index is 13.2. The van der Waals surface area contributed by atoms with E-state index < -0.39 is 11.8 Å². The summed E-state index contributed by atoms with van der Waals surface area (Å²) in [6, 6.07) is 9.45. The molecule has 0 fully saturated rings. The Morgan fingerprint density at radius 2 is 2.20 bits per heavy atom. The van der Waals surface area contributed by atoms with E-state index in [1.54, 1.807) is 0 Å². The molecule has 0 bridgehead atoms. The normalized spacial score (nSPS) is 10.2. The number of carbonyl (C=O) groups excluding carboxylic acids is 1. The smallest absolute Gasteiger partial charge is 0.340 e. The van der Waals surface area contributed by atoms with Gasteiger partial charge in [-0.3, -0.25) is 0 Å². The molecule has 6 heteroatoms. The van der Waals surface area contributed by atoms with E-state index in [-0.39, 0.29) is 5.56 Å². The predicted octanol–water partition coefficient (Wildman–Crippen LogP) is 3.38. The lowest BCUT2D eigenvalue weighted by Crippen LogP contribution is -2.09. The summed E-state index contributed by atoms with van der Waals surface area (Å²) in [5.41, 5.74) is 1.45. The number of rotatable bonds is 4. The van der Waals surface area contributed by atoms with Crippen molar-refractivity contribution < 1.29 is 13.9 Å². The molecule has 0 spiro atoms. The van der Waals surface area contributed by atoms with Crippen LogP contribution in [0.3, 0.4) is 0 Å². The molecule has 20 heavy (non-hydrogen) atoms. The molecule has 0 amide bonds. The molecule has 4 nitrogen and oxygen atoms in total. The van der Waals surface area contributed by atoms with Crippen LogP contribution in [0.5, 0.6) is 0 Å². The first-order valence-electron chi connectivity index (χ1n) is 5.83. The molecule has 0 atom stereocenters. The Morgan fingerprint density at radius 1 is 1.40 bits per heavy atom. The van der Waals surface area contributed by atoms with Gasteiger partial charge in [0.15, 0.2) is 0 Å². The highest BCUT2D eigenvalue weighted by molar-refractivity contribution is 9.10. The van der Waals surface area contributed by atoms with Gasteiger partial charge in [0.2, 0.25) is 0 Å². The molecule has 1 N–H and O–H groups in total. The lowest BCUT2D eigenvalue weighted by atomic mass is 10.1. The SMILES string of the molecule is COC(=O)c1cc(F)ccc1NCc1cccc(Br)n1. The minimum atomic E-state index is -0.589. The number of ether oxygens (including phenoxy) is 1. The molecule has 1 heterocycles. The average molecular weight is 339 g/mol. The summed E-state index contributed by atoms with van der Waals surface area (Å²) >= 11 is 3.28. The van der Waals surface area contributed by atoms with Gasteiger partial charge in [0, 0.05) is 5.69 Å². The number of hydrogen-bond donors (Lipinski definition) is 1. The van der Waals surface area contributed by atoms with Gasteiger partial charge in [-0.15, -0.1) is 0 Å². The molecule has 0 radical (unpaired) electrons. The van der Waals surface area contributed by atoms with Gasteiger partial charge in [-0.05, 0) is 46.3 Å². The third kappa shape index (κ3) is 3.54. The standard InChI is InChI=1S/C14H12BrFN2O2/c1-20-14(19)11-7-9(16)5-6-12(11)17-8-10-3-2-4-13(15)18-10/h2-7,17H,8H2,1H3. The molecule has 2 rings (SSSR count). The maximum absolute atomic E-state index is 13.2. The number of anilines is 1.